The Morgan fingerprint density at radius 1 is 0.304 bits per heavy atom. The predicted octanol–water partition coefficient (Wildman–Crippen LogP) is 19.4. The Hall–Kier alpha value is -0.419. The number of aryl methyl sites for hydroxylation is 3. The van der Waals surface area contributed by atoms with Crippen molar-refractivity contribution in [3.63, 3.8) is 0 Å². The molecule has 10 heteroatoms. The van der Waals surface area contributed by atoms with Gasteiger partial charge < -0.3 is 28.4 Å². The van der Waals surface area contributed by atoms with Crippen molar-refractivity contribution < 1.29 is 69.2 Å². The molecule has 3 aromatic carbocycles. The number of rotatable bonds is 45. The first kappa shape index (κ1) is 78.6. The SMILES string of the molecule is CCCCCCCCCc1ccccc1P(=O)([O-])CC(CC)CCCC.CCCCCCCCCc1ccccc1P(=O)([O-])CC(CC)CCCC.CCCCCCCCCc1ccccc1P(=O)([O-])CC(CC)CCCC.[Nd+3]. The number of hydrogen-bond donors (Lipinski definition) is 0. The molecule has 0 saturated carbocycles. The summed E-state index contributed by atoms with van der Waals surface area (Å²) in [4.78, 5) is 39.1. The smallest absolute Gasteiger partial charge is 0.796 e. The molecule has 0 amide bonds. The zero-order chi connectivity index (χ0) is 57.8. The third kappa shape index (κ3) is 36.2. The van der Waals surface area contributed by atoms with E-state index in [0.717, 1.165) is 132 Å². The van der Waals surface area contributed by atoms with Gasteiger partial charge in [-0.1, -0.05) is 328 Å². The molecule has 0 aliphatic heterocycles. The Morgan fingerprint density at radius 2 is 0.506 bits per heavy atom. The number of unbranched alkanes of at least 4 members (excludes halogenated alkanes) is 21. The van der Waals surface area contributed by atoms with Gasteiger partial charge in [0.2, 0.25) is 0 Å². The van der Waals surface area contributed by atoms with Gasteiger partial charge in [-0.3, -0.25) is 0 Å². The third-order valence-corrected chi connectivity index (χ3v) is 22.9. The summed E-state index contributed by atoms with van der Waals surface area (Å²) in [5.41, 5.74) is 3.10. The van der Waals surface area contributed by atoms with Crippen molar-refractivity contribution >= 4 is 38.0 Å². The quantitative estimate of drug-likeness (QED) is 0.0410. The van der Waals surface area contributed by atoms with E-state index in [0.29, 0.717) is 52.2 Å². The van der Waals surface area contributed by atoms with Crippen molar-refractivity contribution in [2.75, 3.05) is 18.5 Å². The van der Waals surface area contributed by atoms with Gasteiger partial charge in [0.1, 0.15) is 0 Å². The van der Waals surface area contributed by atoms with E-state index >= 15 is 0 Å². The largest absolute Gasteiger partial charge is 3.00 e. The molecule has 3 rings (SSSR count). The minimum Gasteiger partial charge on any atom is -0.796 e. The predicted molar refractivity (Wildman–Crippen MR) is 341 cm³/mol. The average molecular weight is 1280 g/mol. The van der Waals surface area contributed by atoms with E-state index in [1.54, 1.807) is 0 Å². The van der Waals surface area contributed by atoms with Crippen LogP contribution in [0.15, 0.2) is 72.8 Å². The van der Waals surface area contributed by atoms with E-state index in [4.69, 9.17) is 0 Å². The fourth-order valence-corrected chi connectivity index (χ4v) is 17.8. The standard InChI is InChI=1S/3C23H41O2P.Nd/c3*1-4-7-9-10-11-12-13-17-22-18-14-15-19-23(22)26(24,25)20-21(6-3)16-8-5-2;/h3*14-15,18-19,21H,4-13,16-17,20H2,1-3H3,(H,24,25);/q;;;+3/p-3. The van der Waals surface area contributed by atoms with Gasteiger partial charge in [-0.15, -0.1) is 0 Å². The summed E-state index contributed by atoms with van der Waals surface area (Å²) in [6, 6.07) is 23.1. The Labute approximate surface area is 522 Å². The summed E-state index contributed by atoms with van der Waals surface area (Å²) >= 11 is 0. The van der Waals surface area contributed by atoms with Crippen LogP contribution in [-0.2, 0) is 33.0 Å². The van der Waals surface area contributed by atoms with Crippen molar-refractivity contribution in [3.8, 4) is 0 Å². The minimum atomic E-state index is -3.52. The van der Waals surface area contributed by atoms with Gasteiger partial charge in [0, 0.05) is 38.0 Å². The molecule has 6 nitrogen and oxygen atoms in total. The summed E-state index contributed by atoms with van der Waals surface area (Å²) < 4.78 is 39.1. The van der Waals surface area contributed by atoms with E-state index in [1.165, 1.54) is 116 Å². The van der Waals surface area contributed by atoms with E-state index < -0.39 is 22.1 Å². The summed E-state index contributed by atoms with van der Waals surface area (Å²) in [5, 5.41) is 1.84. The molecule has 0 bridgehead atoms. The Kier molecular flexibility index (Phi) is 49.5. The normalized spacial score (nSPS) is 14.7. The average Bonchev–Trinajstić information content (AvgIpc) is 3.46. The first-order valence-corrected chi connectivity index (χ1v) is 38.2. The molecular weight excluding hydrogens is 1160 g/mol. The zero-order valence-electron chi connectivity index (χ0n) is 52.5. The van der Waals surface area contributed by atoms with E-state index in [2.05, 4.69) is 62.3 Å². The van der Waals surface area contributed by atoms with Crippen LogP contribution in [0.25, 0.3) is 0 Å². The van der Waals surface area contributed by atoms with Crippen molar-refractivity contribution in [1.82, 2.24) is 0 Å². The molecule has 0 spiro atoms. The first-order chi connectivity index (χ1) is 37.6. The van der Waals surface area contributed by atoms with Crippen molar-refractivity contribution in [2.45, 2.75) is 293 Å². The molecule has 3 aromatic rings. The fourth-order valence-electron chi connectivity index (χ4n) is 11.0. The molecule has 0 fully saturated rings. The second-order valence-electron chi connectivity index (χ2n) is 23.3. The summed E-state index contributed by atoms with van der Waals surface area (Å²) in [7, 11) is -10.5. The monoisotopic (exact) mass is 1280 g/mol. The second kappa shape index (κ2) is 49.8. The molecule has 1 radical (unpaired) electrons. The van der Waals surface area contributed by atoms with Crippen molar-refractivity contribution in [3.05, 3.63) is 89.5 Å². The van der Waals surface area contributed by atoms with Gasteiger partial charge in [0.25, 0.3) is 0 Å². The summed E-state index contributed by atoms with van der Waals surface area (Å²) in [5.74, 6) is 0.889. The third-order valence-electron chi connectivity index (χ3n) is 16.4. The van der Waals surface area contributed by atoms with Crippen molar-refractivity contribution in [2.24, 2.45) is 17.8 Å². The molecule has 0 aliphatic rings. The molecule has 0 aliphatic carbocycles. The Morgan fingerprint density at radius 3 is 0.722 bits per heavy atom. The minimum absolute atomic E-state index is 0. The van der Waals surface area contributed by atoms with Gasteiger partial charge in [-0.2, -0.15) is 0 Å². The molecule has 6 unspecified atom stereocenters. The van der Waals surface area contributed by atoms with Gasteiger partial charge in [0.05, 0.1) is 0 Å². The van der Waals surface area contributed by atoms with Crippen LogP contribution in [0.3, 0.4) is 0 Å². The molecule has 0 saturated heterocycles. The van der Waals surface area contributed by atoms with Crippen LogP contribution in [0.2, 0.25) is 0 Å². The maximum absolute atomic E-state index is 13.0. The van der Waals surface area contributed by atoms with E-state index in [-0.39, 0.29) is 40.8 Å². The molecule has 79 heavy (non-hydrogen) atoms. The van der Waals surface area contributed by atoms with Crippen LogP contribution < -0.4 is 30.6 Å². The van der Waals surface area contributed by atoms with Crippen LogP contribution in [0.4, 0.5) is 0 Å². The fraction of sp³-hybridized carbons (Fsp3) is 0.739. The molecule has 6 atom stereocenters. The number of benzene rings is 3. The molecule has 0 N–H and O–H groups in total. The van der Waals surface area contributed by atoms with Crippen LogP contribution >= 0.6 is 22.1 Å². The maximum atomic E-state index is 13.0. The van der Waals surface area contributed by atoms with Crippen LogP contribution in [0, 0.1) is 58.6 Å². The Balaban J connectivity index is 0.00000115. The first-order valence-electron chi connectivity index (χ1n) is 32.8. The van der Waals surface area contributed by atoms with Gasteiger partial charge >= 0.3 is 40.8 Å². The second-order valence-corrected chi connectivity index (χ2v) is 29.9. The molecule has 451 valence electrons. The van der Waals surface area contributed by atoms with Gasteiger partial charge in [-0.25, -0.2) is 0 Å². The van der Waals surface area contributed by atoms with Crippen LogP contribution in [0.1, 0.15) is 291 Å². The van der Waals surface area contributed by atoms with E-state index in [9.17, 15) is 28.4 Å². The maximum Gasteiger partial charge on any atom is 3.00 e. The summed E-state index contributed by atoms with van der Waals surface area (Å²) in [6.45, 7) is 19.6. The van der Waals surface area contributed by atoms with Gasteiger partial charge in [-0.05, 0) is 91.5 Å². The Bertz CT molecular complexity index is 1810. The van der Waals surface area contributed by atoms with E-state index in [1.807, 2.05) is 72.8 Å². The molecular formula is C69H120NdO6P3. The zero-order valence-corrected chi connectivity index (χ0v) is 58.4. The van der Waals surface area contributed by atoms with Crippen molar-refractivity contribution in [1.29, 1.82) is 0 Å². The van der Waals surface area contributed by atoms with Crippen LogP contribution in [0.5, 0.6) is 0 Å². The summed E-state index contributed by atoms with van der Waals surface area (Å²) in [6.07, 6.45) is 42.8. The van der Waals surface area contributed by atoms with Gasteiger partial charge in [0.15, 0.2) is 0 Å². The van der Waals surface area contributed by atoms with Crippen LogP contribution in [-0.4, -0.2) is 18.5 Å². The topological polar surface area (TPSA) is 120 Å². The molecule has 0 heterocycles. The molecule has 0 aromatic heterocycles. The number of hydrogen-bond acceptors (Lipinski definition) is 6.